The van der Waals surface area contributed by atoms with Crippen LogP contribution in [0.15, 0.2) is 18.2 Å². The standard InChI is InChI=1S/C12H14F2N2O/c13-9-3-8(4-10(14)5-9)12(17)16-6-11(15)7-1-2-7/h3-5,7,11H,1-2,6,15H2,(H,16,17). The third-order valence-electron chi connectivity index (χ3n) is 2.85. The maximum atomic E-state index is 12.9. The number of rotatable bonds is 4. The number of hydrogen-bond donors (Lipinski definition) is 2. The number of hydrogen-bond acceptors (Lipinski definition) is 2. The van der Waals surface area contributed by atoms with Gasteiger partial charge < -0.3 is 11.1 Å². The van der Waals surface area contributed by atoms with E-state index in [1.807, 2.05) is 0 Å². The second-order valence-electron chi connectivity index (χ2n) is 4.37. The molecule has 1 saturated carbocycles. The SMILES string of the molecule is NC(CNC(=O)c1cc(F)cc(F)c1)C1CC1. The summed E-state index contributed by atoms with van der Waals surface area (Å²) in [5.41, 5.74) is 5.78. The minimum absolute atomic E-state index is 0.0227. The van der Waals surface area contributed by atoms with E-state index in [1.54, 1.807) is 0 Å². The van der Waals surface area contributed by atoms with Gasteiger partial charge in [0.15, 0.2) is 0 Å². The maximum Gasteiger partial charge on any atom is 0.251 e. The van der Waals surface area contributed by atoms with Crippen LogP contribution in [0.2, 0.25) is 0 Å². The average molecular weight is 240 g/mol. The van der Waals surface area contributed by atoms with Gasteiger partial charge in [0.2, 0.25) is 0 Å². The molecule has 0 bridgehead atoms. The summed E-state index contributed by atoms with van der Waals surface area (Å²) < 4.78 is 25.8. The normalized spacial score (nSPS) is 16.6. The Morgan fingerprint density at radius 3 is 2.47 bits per heavy atom. The van der Waals surface area contributed by atoms with E-state index >= 15 is 0 Å². The summed E-state index contributed by atoms with van der Waals surface area (Å²) in [6.07, 6.45) is 2.18. The second kappa shape index (κ2) is 4.79. The number of nitrogens with two attached hydrogens (primary N) is 1. The molecule has 0 saturated heterocycles. The Labute approximate surface area is 98.0 Å². The van der Waals surface area contributed by atoms with Crippen LogP contribution >= 0.6 is 0 Å². The highest BCUT2D eigenvalue weighted by Gasteiger charge is 2.28. The minimum atomic E-state index is -0.762. The van der Waals surface area contributed by atoms with Crippen LogP contribution in [-0.4, -0.2) is 18.5 Å². The van der Waals surface area contributed by atoms with Gasteiger partial charge in [0, 0.05) is 24.2 Å². The number of carbonyl (C=O) groups is 1. The molecule has 5 heteroatoms. The lowest BCUT2D eigenvalue weighted by atomic mass is 10.1. The predicted molar refractivity (Wildman–Crippen MR) is 59.4 cm³/mol. The Morgan fingerprint density at radius 1 is 1.35 bits per heavy atom. The van der Waals surface area contributed by atoms with E-state index in [1.165, 1.54) is 0 Å². The molecule has 3 N–H and O–H groups in total. The zero-order valence-corrected chi connectivity index (χ0v) is 9.25. The Kier molecular flexibility index (Phi) is 3.38. The summed E-state index contributed by atoms with van der Waals surface area (Å²) in [5, 5.41) is 2.58. The third kappa shape index (κ3) is 3.23. The van der Waals surface area contributed by atoms with Crippen molar-refractivity contribution in [3.05, 3.63) is 35.4 Å². The van der Waals surface area contributed by atoms with Gasteiger partial charge in [-0.1, -0.05) is 0 Å². The van der Waals surface area contributed by atoms with Gasteiger partial charge in [-0.2, -0.15) is 0 Å². The molecule has 0 aliphatic heterocycles. The van der Waals surface area contributed by atoms with Gasteiger partial charge in [0.1, 0.15) is 11.6 Å². The fourth-order valence-corrected chi connectivity index (χ4v) is 1.69. The summed E-state index contributed by atoms with van der Waals surface area (Å²) >= 11 is 0. The molecule has 17 heavy (non-hydrogen) atoms. The lowest BCUT2D eigenvalue weighted by Gasteiger charge is -2.11. The summed E-state index contributed by atoms with van der Waals surface area (Å²) in [6, 6.07) is 2.66. The highest BCUT2D eigenvalue weighted by molar-refractivity contribution is 5.94. The van der Waals surface area contributed by atoms with Gasteiger partial charge in [-0.3, -0.25) is 4.79 Å². The molecule has 92 valence electrons. The van der Waals surface area contributed by atoms with Crippen LogP contribution in [0, 0.1) is 17.6 Å². The van der Waals surface area contributed by atoms with E-state index in [4.69, 9.17) is 5.73 Å². The largest absolute Gasteiger partial charge is 0.350 e. The topological polar surface area (TPSA) is 55.1 Å². The minimum Gasteiger partial charge on any atom is -0.350 e. The second-order valence-corrected chi connectivity index (χ2v) is 4.37. The van der Waals surface area contributed by atoms with Crippen molar-refractivity contribution < 1.29 is 13.6 Å². The summed E-state index contributed by atoms with van der Waals surface area (Å²) in [7, 11) is 0. The van der Waals surface area contributed by atoms with Gasteiger partial charge >= 0.3 is 0 Å². The van der Waals surface area contributed by atoms with E-state index in [0.717, 1.165) is 31.0 Å². The van der Waals surface area contributed by atoms with Crippen molar-refractivity contribution in [2.45, 2.75) is 18.9 Å². The first-order valence-corrected chi connectivity index (χ1v) is 5.56. The maximum absolute atomic E-state index is 12.9. The van der Waals surface area contributed by atoms with Crippen LogP contribution in [0.25, 0.3) is 0 Å². The predicted octanol–water partition coefficient (Wildman–Crippen LogP) is 1.43. The van der Waals surface area contributed by atoms with Crippen LogP contribution < -0.4 is 11.1 Å². The van der Waals surface area contributed by atoms with E-state index in [-0.39, 0.29) is 11.6 Å². The first-order chi connectivity index (χ1) is 8.06. The van der Waals surface area contributed by atoms with Gasteiger partial charge in [0.25, 0.3) is 5.91 Å². The van der Waals surface area contributed by atoms with Crippen molar-refractivity contribution in [3.63, 3.8) is 0 Å². The summed E-state index contributed by atoms with van der Waals surface area (Å²) in [4.78, 5) is 11.6. The fraction of sp³-hybridized carbons (Fsp3) is 0.417. The van der Waals surface area contributed by atoms with Crippen LogP contribution in [0.5, 0.6) is 0 Å². The molecule has 2 rings (SSSR count). The monoisotopic (exact) mass is 240 g/mol. The van der Waals surface area contributed by atoms with E-state index < -0.39 is 17.5 Å². The molecule has 0 aromatic heterocycles. The zero-order valence-electron chi connectivity index (χ0n) is 9.25. The molecule has 1 fully saturated rings. The van der Waals surface area contributed by atoms with E-state index in [9.17, 15) is 13.6 Å². The van der Waals surface area contributed by atoms with Gasteiger partial charge in [-0.25, -0.2) is 8.78 Å². The number of amides is 1. The Morgan fingerprint density at radius 2 is 1.94 bits per heavy atom. The van der Waals surface area contributed by atoms with Gasteiger partial charge in [0.05, 0.1) is 0 Å². The molecular weight excluding hydrogens is 226 g/mol. The van der Waals surface area contributed by atoms with Crippen molar-refractivity contribution in [1.29, 1.82) is 0 Å². The number of halogens is 2. The molecule has 3 nitrogen and oxygen atoms in total. The van der Waals surface area contributed by atoms with Gasteiger partial charge in [-0.15, -0.1) is 0 Å². The van der Waals surface area contributed by atoms with Crippen LogP contribution in [-0.2, 0) is 0 Å². The van der Waals surface area contributed by atoms with Crippen molar-refractivity contribution in [1.82, 2.24) is 5.32 Å². The van der Waals surface area contributed by atoms with E-state index in [2.05, 4.69) is 5.32 Å². The van der Waals surface area contributed by atoms with Crippen molar-refractivity contribution in [3.8, 4) is 0 Å². The quantitative estimate of drug-likeness (QED) is 0.836. The van der Waals surface area contributed by atoms with Crippen LogP contribution in [0.3, 0.4) is 0 Å². The molecular formula is C12H14F2N2O. The lowest BCUT2D eigenvalue weighted by molar-refractivity contribution is 0.0949. The van der Waals surface area contributed by atoms with Crippen molar-refractivity contribution in [2.24, 2.45) is 11.7 Å². The first-order valence-electron chi connectivity index (χ1n) is 5.56. The van der Waals surface area contributed by atoms with Gasteiger partial charge in [-0.05, 0) is 30.9 Å². The highest BCUT2D eigenvalue weighted by atomic mass is 19.1. The Bertz CT molecular complexity index is 412. The van der Waals surface area contributed by atoms with Crippen LogP contribution in [0.1, 0.15) is 23.2 Å². The van der Waals surface area contributed by atoms with E-state index in [0.29, 0.717) is 12.5 Å². The molecule has 0 heterocycles. The number of benzene rings is 1. The summed E-state index contributed by atoms with van der Waals surface area (Å²) in [6.45, 7) is 0.335. The molecule has 1 unspecified atom stereocenters. The molecule has 1 aliphatic carbocycles. The third-order valence-corrected chi connectivity index (χ3v) is 2.85. The molecule has 1 aromatic carbocycles. The molecule has 1 atom stereocenters. The fourth-order valence-electron chi connectivity index (χ4n) is 1.69. The molecule has 1 amide bonds. The average Bonchev–Trinajstić information content (AvgIpc) is 3.07. The number of nitrogens with one attached hydrogen (secondary N) is 1. The van der Waals surface area contributed by atoms with Crippen molar-refractivity contribution >= 4 is 5.91 Å². The Balaban J connectivity index is 1.94. The molecule has 1 aromatic rings. The highest BCUT2D eigenvalue weighted by Crippen LogP contribution is 2.31. The summed E-state index contributed by atoms with van der Waals surface area (Å²) in [5.74, 6) is -1.55. The van der Waals surface area contributed by atoms with Crippen LogP contribution in [0.4, 0.5) is 8.78 Å². The zero-order chi connectivity index (χ0) is 12.4. The smallest absolute Gasteiger partial charge is 0.251 e. The van der Waals surface area contributed by atoms with Crippen molar-refractivity contribution in [2.75, 3.05) is 6.54 Å². The first kappa shape index (κ1) is 12.0. The number of carbonyl (C=O) groups excluding carboxylic acids is 1. The molecule has 1 aliphatic rings. The molecule has 0 spiro atoms. The Hall–Kier alpha value is -1.49. The molecule has 0 radical (unpaired) electrons. The lowest BCUT2D eigenvalue weighted by Crippen LogP contribution is -2.38.